The van der Waals surface area contributed by atoms with Gasteiger partial charge in [0.05, 0.1) is 13.2 Å². The summed E-state index contributed by atoms with van der Waals surface area (Å²) in [5.74, 6) is 0.838. The molecule has 0 saturated carbocycles. The van der Waals surface area contributed by atoms with Gasteiger partial charge in [-0.25, -0.2) is 0 Å². The summed E-state index contributed by atoms with van der Waals surface area (Å²) in [4.78, 5) is 14.8. The molecule has 2 aromatic rings. The van der Waals surface area contributed by atoms with Gasteiger partial charge in [0.25, 0.3) is 0 Å². The predicted molar refractivity (Wildman–Crippen MR) is 101 cm³/mol. The SMILES string of the molecule is COc1cc(C)c(CC(N)C(=O)N2CCCc3ccccc32)c(C)c1. The molecule has 0 saturated heterocycles. The van der Waals surface area contributed by atoms with Crippen molar-refractivity contribution in [2.75, 3.05) is 18.6 Å². The second kappa shape index (κ2) is 7.28. The van der Waals surface area contributed by atoms with Gasteiger partial charge in [0.15, 0.2) is 0 Å². The Morgan fingerprint density at radius 3 is 2.60 bits per heavy atom. The molecule has 1 amide bonds. The second-order valence-corrected chi connectivity index (χ2v) is 6.77. The molecule has 1 aliphatic heterocycles. The Morgan fingerprint density at radius 2 is 1.92 bits per heavy atom. The topological polar surface area (TPSA) is 55.6 Å². The number of anilines is 1. The van der Waals surface area contributed by atoms with Crippen molar-refractivity contribution in [3.8, 4) is 5.75 Å². The lowest BCUT2D eigenvalue weighted by molar-refractivity contribution is -0.119. The molecule has 132 valence electrons. The number of hydrogen-bond acceptors (Lipinski definition) is 3. The Labute approximate surface area is 149 Å². The molecule has 4 heteroatoms. The second-order valence-electron chi connectivity index (χ2n) is 6.77. The summed E-state index contributed by atoms with van der Waals surface area (Å²) in [5, 5.41) is 0. The fourth-order valence-electron chi connectivity index (χ4n) is 3.66. The highest BCUT2D eigenvalue weighted by Gasteiger charge is 2.27. The van der Waals surface area contributed by atoms with Gasteiger partial charge in [0, 0.05) is 12.2 Å². The summed E-state index contributed by atoms with van der Waals surface area (Å²) in [6.45, 7) is 4.82. The molecular formula is C21H26N2O2. The number of nitrogens with two attached hydrogens (primary N) is 1. The molecule has 0 radical (unpaired) electrons. The van der Waals surface area contributed by atoms with Crippen molar-refractivity contribution in [1.29, 1.82) is 0 Å². The minimum Gasteiger partial charge on any atom is -0.497 e. The van der Waals surface area contributed by atoms with Crippen LogP contribution in [0, 0.1) is 13.8 Å². The number of carbonyl (C=O) groups excluding carboxylic acids is 1. The number of ether oxygens (including phenoxy) is 1. The van der Waals surface area contributed by atoms with E-state index < -0.39 is 6.04 Å². The molecule has 0 aromatic heterocycles. The number of aryl methyl sites for hydroxylation is 3. The third kappa shape index (κ3) is 3.54. The number of nitrogens with zero attached hydrogens (tertiary/aromatic N) is 1. The molecule has 1 aliphatic rings. The van der Waals surface area contributed by atoms with Gasteiger partial charge < -0.3 is 15.4 Å². The highest BCUT2D eigenvalue weighted by Crippen LogP contribution is 2.28. The molecule has 2 aromatic carbocycles. The summed E-state index contributed by atoms with van der Waals surface area (Å²) in [5.41, 5.74) is 11.9. The molecule has 0 aliphatic carbocycles. The van der Waals surface area contributed by atoms with Crippen molar-refractivity contribution in [2.24, 2.45) is 5.73 Å². The van der Waals surface area contributed by atoms with Crippen molar-refractivity contribution >= 4 is 11.6 Å². The van der Waals surface area contributed by atoms with Gasteiger partial charge in [-0.3, -0.25) is 4.79 Å². The predicted octanol–water partition coefficient (Wildman–Crippen LogP) is 3.16. The summed E-state index contributed by atoms with van der Waals surface area (Å²) in [7, 11) is 1.66. The normalized spacial score (nSPS) is 14.8. The number of fused-ring (bicyclic) bond motifs is 1. The summed E-state index contributed by atoms with van der Waals surface area (Å²) < 4.78 is 5.31. The number of carbonyl (C=O) groups is 1. The summed E-state index contributed by atoms with van der Waals surface area (Å²) >= 11 is 0. The zero-order valence-electron chi connectivity index (χ0n) is 15.2. The number of para-hydroxylation sites is 1. The maximum absolute atomic E-state index is 13.0. The molecule has 0 bridgehead atoms. The Morgan fingerprint density at radius 1 is 1.24 bits per heavy atom. The van der Waals surface area contributed by atoms with Crippen LogP contribution in [0.25, 0.3) is 0 Å². The third-order valence-corrected chi connectivity index (χ3v) is 5.02. The van der Waals surface area contributed by atoms with Crippen LogP contribution in [0.3, 0.4) is 0 Å². The van der Waals surface area contributed by atoms with Crippen LogP contribution in [0.15, 0.2) is 36.4 Å². The van der Waals surface area contributed by atoms with Crippen molar-refractivity contribution in [2.45, 2.75) is 39.2 Å². The van der Waals surface area contributed by atoms with Gasteiger partial charge in [0.2, 0.25) is 5.91 Å². The van der Waals surface area contributed by atoms with E-state index in [9.17, 15) is 4.79 Å². The molecule has 4 nitrogen and oxygen atoms in total. The monoisotopic (exact) mass is 338 g/mol. The van der Waals surface area contributed by atoms with Crippen LogP contribution >= 0.6 is 0 Å². The largest absolute Gasteiger partial charge is 0.497 e. The molecule has 3 rings (SSSR count). The van der Waals surface area contributed by atoms with E-state index in [2.05, 4.69) is 6.07 Å². The average molecular weight is 338 g/mol. The number of methoxy groups -OCH3 is 1. The standard InChI is InChI=1S/C21H26N2O2/c1-14-11-17(25-3)12-15(2)18(14)13-19(22)21(24)23-10-6-8-16-7-4-5-9-20(16)23/h4-5,7,9,11-12,19H,6,8,10,13,22H2,1-3H3. The van der Waals surface area contributed by atoms with Crippen molar-refractivity contribution in [3.05, 3.63) is 58.7 Å². The fraction of sp³-hybridized carbons (Fsp3) is 0.381. The van der Waals surface area contributed by atoms with Gasteiger partial charge in [-0.1, -0.05) is 18.2 Å². The quantitative estimate of drug-likeness (QED) is 0.932. The highest BCUT2D eigenvalue weighted by atomic mass is 16.5. The van der Waals surface area contributed by atoms with E-state index in [4.69, 9.17) is 10.5 Å². The maximum atomic E-state index is 13.0. The van der Waals surface area contributed by atoms with E-state index >= 15 is 0 Å². The average Bonchev–Trinajstić information content (AvgIpc) is 2.63. The van der Waals surface area contributed by atoms with Crippen LogP contribution in [0.2, 0.25) is 0 Å². The molecule has 1 atom stereocenters. The van der Waals surface area contributed by atoms with Crippen molar-refractivity contribution in [1.82, 2.24) is 0 Å². The molecule has 2 N–H and O–H groups in total. The summed E-state index contributed by atoms with van der Waals surface area (Å²) in [6, 6.07) is 11.6. The molecule has 1 unspecified atom stereocenters. The number of rotatable bonds is 4. The van der Waals surface area contributed by atoms with Gasteiger partial charge in [-0.05, 0) is 73.6 Å². The van der Waals surface area contributed by atoms with E-state index in [1.807, 2.05) is 49.1 Å². The van der Waals surface area contributed by atoms with E-state index in [0.717, 1.165) is 47.5 Å². The smallest absolute Gasteiger partial charge is 0.244 e. The summed E-state index contributed by atoms with van der Waals surface area (Å²) in [6.07, 6.45) is 2.54. The van der Waals surface area contributed by atoms with Crippen molar-refractivity contribution in [3.63, 3.8) is 0 Å². The number of hydrogen-bond donors (Lipinski definition) is 1. The van der Waals surface area contributed by atoms with Crippen molar-refractivity contribution < 1.29 is 9.53 Å². The first-order chi connectivity index (χ1) is 12.0. The lowest BCUT2D eigenvalue weighted by atomic mass is 9.94. The van der Waals surface area contributed by atoms with Crippen LogP contribution in [0.4, 0.5) is 5.69 Å². The Kier molecular flexibility index (Phi) is 5.09. The first kappa shape index (κ1) is 17.5. The molecule has 0 fully saturated rings. The van der Waals surface area contributed by atoms with Crippen LogP contribution in [0.1, 0.15) is 28.7 Å². The maximum Gasteiger partial charge on any atom is 0.244 e. The molecule has 25 heavy (non-hydrogen) atoms. The van der Waals surface area contributed by atoms with Gasteiger partial charge in [0.1, 0.15) is 5.75 Å². The molecule has 0 spiro atoms. The van der Waals surface area contributed by atoms with Gasteiger partial charge in [-0.15, -0.1) is 0 Å². The number of benzene rings is 2. The van der Waals surface area contributed by atoms with E-state index in [0.29, 0.717) is 6.42 Å². The minimum atomic E-state index is -0.544. The Hall–Kier alpha value is -2.33. The third-order valence-electron chi connectivity index (χ3n) is 5.02. The highest BCUT2D eigenvalue weighted by molar-refractivity contribution is 5.98. The first-order valence-corrected chi connectivity index (χ1v) is 8.80. The van der Waals surface area contributed by atoms with E-state index in [1.54, 1.807) is 7.11 Å². The van der Waals surface area contributed by atoms with Crippen LogP contribution < -0.4 is 15.4 Å². The van der Waals surface area contributed by atoms with Crippen LogP contribution in [-0.4, -0.2) is 25.6 Å². The Balaban J connectivity index is 1.81. The number of amides is 1. The lowest BCUT2D eigenvalue weighted by Crippen LogP contribution is -2.47. The lowest BCUT2D eigenvalue weighted by Gasteiger charge is -2.31. The van der Waals surface area contributed by atoms with Gasteiger partial charge >= 0.3 is 0 Å². The molecule has 1 heterocycles. The van der Waals surface area contributed by atoms with Crippen LogP contribution in [-0.2, 0) is 17.6 Å². The Bertz CT molecular complexity index is 762. The van der Waals surface area contributed by atoms with Gasteiger partial charge in [-0.2, -0.15) is 0 Å². The van der Waals surface area contributed by atoms with E-state index in [1.165, 1.54) is 5.56 Å². The zero-order valence-corrected chi connectivity index (χ0v) is 15.2. The fourth-order valence-corrected chi connectivity index (χ4v) is 3.66. The molecular weight excluding hydrogens is 312 g/mol. The minimum absolute atomic E-state index is 0.00164. The van der Waals surface area contributed by atoms with E-state index in [-0.39, 0.29) is 5.91 Å². The zero-order chi connectivity index (χ0) is 18.0. The first-order valence-electron chi connectivity index (χ1n) is 8.80. The van der Waals surface area contributed by atoms with Crippen LogP contribution in [0.5, 0.6) is 5.75 Å².